The van der Waals surface area contributed by atoms with Crippen LogP contribution in [0.2, 0.25) is 5.02 Å². The molecule has 6 nitrogen and oxygen atoms in total. The molecule has 0 aliphatic carbocycles. The number of anilines is 2. The lowest BCUT2D eigenvalue weighted by molar-refractivity contribution is 0.668. The van der Waals surface area contributed by atoms with Gasteiger partial charge in [-0.2, -0.15) is 10.2 Å². The van der Waals surface area contributed by atoms with E-state index in [2.05, 4.69) is 52.0 Å². The highest BCUT2D eigenvalue weighted by Gasteiger charge is 2.09. The number of aromatic nitrogens is 4. The Balaban J connectivity index is 1.35. The van der Waals surface area contributed by atoms with Gasteiger partial charge in [-0.15, -0.1) is 0 Å². The van der Waals surface area contributed by atoms with Crippen LogP contribution in [0.15, 0.2) is 67.0 Å². The molecule has 0 saturated heterocycles. The van der Waals surface area contributed by atoms with Crippen LogP contribution in [0, 0.1) is 13.8 Å². The Morgan fingerprint density at radius 3 is 2.58 bits per heavy atom. The van der Waals surface area contributed by atoms with Crippen LogP contribution in [-0.4, -0.2) is 24.7 Å². The van der Waals surface area contributed by atoms with Crippen molar-refractivity contribution in [3.05, 3.63) is 94.4 Å². The molecule has 2 heterocycles. The molecule has 4 rings (SSSR count). The maximum absolute atomic E-state index is 6.27. The number of nitrogens with one attached hydrogen (secondary N) is 2. The molecule has 158 valence electrons. The number of benzene rings is 2. The lowest BCUT2D eigenvalue weighted by atomic mass is 10.1. The summed E-state index contributed by atoms with van der Waals surface area (Å²) in [7, 11) is 0. The molecule has 8 heteroatoms. The van der Waals surface area contributed by atoms with E-state index in [9.17, 15) is 0 Å². The number of hydrogen-bond donors (Lipinski definition) is 2. The fourth-order valence-electron chi connectivity index (χ4n) is 3.19. The van der Waals surface area contributed by atoms with Gasteiger partial charge < -0.3 is 10.6 Å². The molecule has 2 aromatic heterocycles. The third-order valence-corrected chi connectivity index (χ3v) is 5.43. The minimum atomic E-state index is 0.456. The first kappa shape index (κ1) is 21.1. The minimum Gasteiger partial charge on any atom is -0.330 e. The van der Waals surface area contributed by atoms with E-state index in [1.54, 1.807) is 6.20 Å². The van der Waals surface area contributed by atoms with Gasteiger partial charge in [-0.3, -0.25) is 9.36 Å². The SMILES string of the molecule is Cc1ccc(Cn2cc(NC(=S)Nc3cc(C)n(Cc4ccccc4Cl)n3)cn2)cc1. The molecule has 2 aromatic carbocycles. The summed E-state index contributed by atoms with van der Waals surface area (Å²) in [6.07, 6.45) is 3.68. The summed E-state index contributed by atoms with van der Waals surface area (Å²) < 4.78 is 3.77. The molecule has 0 atom stereocenters. The fraction of sp³-hybridized carbons (Fsp3) is 0.174. The van der Waals surface area contributed by atoms with E-state index in [1.807, 2.05) is 52.8 Å². The van der Waals surface area contributed by atoms with Crippen molar-refractivity contribution in [1.82, 2.24) is 19.6 Å². The molecule has 0 aliphatic heterocycles. The van der Waals surface area contributed by atoms with Crippen LogP contribution in [0.4, 0.5) is 11.5 Å². The molecule has 0 bridgehead atoms. The third kappa shape index (κ3) is 5.51. The Morgan fingerprint density at radius 2 is 1.81 bits per heavy atom. The zero-order valence-corrected chi connectivity index (χ0v) is 18.9. The van der Waals surface area contributed by atoms with Gasteiger partial charge in [0.05, 0.1) is 25.0 Å². The first-order valence-electron chi connectivity index (χ1n) is 9.90. The van der Waals surface area contributed by atoms with Gasteiger partial charge in [-0.25, -0.2) is 0 Å². The standard InChI is InChI=1S/C23H23ClN6S/c1-16-7-9-18(10-8-16)13-29-15-20(12-25-29)26-23(31)27-22-11-17(2)30(28-22)14-19-5-3-4-6-21(19)24/h3-12,15H,13-14H2,1-2H3,(H2,26,27,28,31). The Kier molecular flexibility index (Phi) is 6.34. The van der Waals surface area contributed by atoms with Gasteiger partial charge in [0.2, 0.25) is 0 Å². The van der Waals surface area contributed by atoms with Gasteiger partial charge in [0.1, 0.15) is 0 Å². The van der Waals surface area contributed by atoms with Crippen molar-refractivity contribution < 1.29 is 0 Å². The zero-order valence-electron chi connectivity index (χ0n) is 17.3. The Morgan fingerprint density at radius 1 is 1.03 bits per heavy atom. The lowest BCUT2D eigenvalue weighted by Gasteiger charge is -2.07. The molecule has 31 heavy (non-hydrogen) atoms. The van der Waals surface area contributed by atoms with Crippen LogP contribution < -0.4 is 10.6 Å². The van der Waals surface area contributed by atoms with Crippen molar-refractivity contribution in [3.63, 3.8) is 0 Å². The number of rotatable bonds is 6. The molecule has 4 aromatic rings. The van der Waals surface area contributed by atoms with Gasteiger partial charge in [0, 0.05) is 23.0 Å². The van der Waals surface area contributed by atoms with E-state index >= 15 is 0 Å². The summed E-state index contributed by atoms with van der Waals surface area (Å²) >= 11 is 11.7. The molecule has 0 radical (unpaired) electrons. The van der Waals surface area contributed by atoms with E-state index in [0.29, 0.717) is 24.0 Å². The van der Waals surface area contributed by atoms with Crippen LogP contribution in [0.3, 0.4) is 0 Å². The molecular formula is C23H23ClN6S. The molecule has 0 amide bonds. The van der Waals surface area contributed by atoms with Gasteiger partial charge in [-0.1, -0.05) is 59.6 Å². The Bertz CT molecular complexity index is 1200. The van der Waals surface area contributed by atoms with Crippen molar-refractivity contribution >= 4 is 40.4 Å². The van der Waals surface area contributed by atoms with E-state index in [1.165, 1.54) is 11.1 Å². The molecule has 0 saturated carbocycles. The highest BCUT2D eigenvalue weighted by molar-refractivity contribution is 7.80. The average Bonchev–Trinajstić information content (AvgIpc) is 3.31. The predicted octanol–water partition coefficient (Wildman–Crippen LogP) is 5.26. The lowest BCUT2D eigenvalue weighted by Crippen LogP contribution is -2.19. The quantitative estimate of drug-likeness (QED) is 0.392. The summed E-state index contributed by atoms with van der Waals surface area (Å²) in [5, 5.41) is 16.5. The van der Waals surface area contributed by atoms with Crippen molar-refractivity contribution in [3.8, 4) is 0 Å². The van der Waals surface area contributed by atoms with Crippen molar-refractivity contribution in [2.45, 2.75) is 26.9 Å². The van der Waals surface area contributed by atoms with E-state index in [-0.39, 0.29) is 0 Å². The minimum absolute atomic E-state index is 0.456. The zero-order chi connectivity index (χ0) is 21.8. The van der Waals surface area contributed by atoms with Crippen molar-refractivity contribution in [1.29, 1.82) is 0 Å². The normalized spacial score (nSPS) is 10.8. The highest BCUT2D eigenvalue weighted by atomic mass is 35.5. The summed E-state index contributed by atoms with van der Waals surface area (Å²) in [4.78, 5) is 0. The van der Waals surface area contributed by atoms with Crippen LogP contribution in [-0.2, 0) is 13.1 Å². The summed E-state index contributed by atoms with van der Waals surface area (Å²) in [5.74, 6) is 0.675. The van der Waals surface area contributed by atoms with Crippen LogP contribution >= 0.6 is 23.8 Å². The van der Waals surface area contributed by atoms with E-state index in [4.69, 9.17) is 23.8 Å². The second kappa shape index (κ2) is 9.32. The molecule has 0 unspecified atom stereocenters. The molecule has 0 aliphatic rings. The number of nitrogens with zero attached hydrogens (tertiary/aromatic N) is 4. The third-order valence-electron chi connectivity index (χ3n) is 4.86. The number of hydrogen-bond acceptors (Lipinski definition) is 3. The van der Waals surface area contributed by atoms with Gasteiger partial charge in [-0.05, 0) is 43.3 Å². The topological polar surface area (TPSA) is 59.7 Å². The average molecular weight is 451 g/mol. The maximum Gasteiger partial charge on any atom is 0.176 e. The van der Waals surface area contributed by atoms with E-state index in [0.717, 1.165) is 22.0 Å². The monoisotopic (exact) mass is 450 g/mol. The molecule has 0 spiro atoms. The van der Waals surface area contributed by atoms with E-state index < -0.39 is 0 Å². The first-order chi connectivity index (χ1) is 15.0. The number of aryl methyl sites for hydroxylation is 2. The van der Waals surface area contributed by atoms with Crippen LogP contribution in [0.25, 0.3) is 0 Å². The summed E-state index contributed by atoms with van der Waals surface area (Å²) in [6.45, 7) is 5.38. The molecular weight excluding hydrogens is 428 g/mol. The highest BCUT2D eigenvalue weighted by Crippen LogP contribution is 2.18. The van der Waals surface area contributed by atoms with Crippen molar-refractivity contribution in [2.75, 3.05) is 10.6 Å². The predicted molar refractivity (Wildman–Crippen MR) is 130 cm³/mol. The number of halogens is 1. The summed E-state index contributed by atoms with van der Waals surface area (Å²) in [6, 6.07) is 18.1. The number of thiocarbonyl (C=S) groups is 1. The first-order valence-corrected chi connectivity index (χ1v) is 10.7. The Labute approximate surface area is 191 Å². The van der Waals surface area contributed by atoms with Gasteiger partial charge >= 0.3 is 0 Å². The van der Waals surface area contributed by atoms with Gasteiger partial charge in [0.15, 0.2) is 10.9 Å². The second-order valence-corrected chi connectivity index (χ2v) is 8.23. The largest absolute Gasteiger partial charge is 0.330 e. The maximum atomic E-state index is 6.27. The fourth-order valence-corrected chi connectivity index (χ4v) is 3.61. The van der Waals surface area contributed by atoms with Crippen LogP contribution in [0.1, 0.15) is 22.4 Å². The smallest absolute Gasteiger partial charge is 0.176 e. The molecule has 2 N–H and O–H groups in total. The molecule has 0 fully saturated rings. The summed E-state index contributed by atoms with van der Waals surface area (Å²) in [5.41, 5.74) is 5.28. The second-order valence-electron chi connectivity index (χ2n) is 7.41. The van der Waals surface area contributed by atoms with Crippen LogP contribution in [0.5, 0.6) is 0 Å². The Hall–Kier alpha value is -3.16. The van der Waals surface area contributed by atoms with Gasteiger partial charge in [0.25, 0.3) is 0 Å². The van der Waals surface area contributed by atoms with Crippen molar-refractivity contribution in [2.24, 2.45) is 0 Å².